The molecule has 0 fully saturated rings. The second kappa shape index (κ2) is 7.07. The summed E-state index contributed by atoms with van der Waals surface area (Å²) in [6, 6.07) is 13.5. The zero-order valence-electron chi connectivity index (χ0n) is 13.3. The van der Waals surface area contributed by atoms with Crippen molar-refractivity contribution in [2.24, 2.45) is 5.41 Å². The zero-order chi connectivity index (χ0) is 16.0. The van der Waals surface area contributed by atoms with Crippen molar-refractivity contribution in [2.45, 2.75) is 26.8 Å². The molecular formula is C18H22N2O2. The molecule has 1 aromatic carbocycles. The van der Waals surface area contributed by atoms with E-state index >= 15 is 0 Å². The lowest BCUT2D eigenvalue weighted by Crippen LogP contribution is -2.38. The highest BCUT2D eigenvalue weighted by Gasteiger charge is 2.27. The lowest BCUT2D eigenvalue weighted by atomic mass is 9.85. The van der Waals surface area contributed by atoms with Crippen molar-refractivity contribution in [3.8, 4) is 5.75 Å². The molecule has 0 radical (unpaired) electrons. The van der Waals surface area contributed by atoms with Gasteiger partial charge in [0.15, 0.2) is 0 Å². The van der Waals surface area contributed by atoms with E-state index in [1.165, 1.54) is 0 Å². The molecule has 2 aromatic rings. The van der Waals surface area contributed by atoms with Crippen LogP contribution in [0.4, 0.5) is 0 Å². The number of carbonyl (C=O) groups is 1. The first-order valence-electron chi connectivity index (χ1n) is 7.32. The summed E-state index contributed by atoms with van der Waals surface area (Å²) < 4.78 is 5.15. The molecule has 4 heteroatoms. The quantitative estimate of drug-likeness (QED) is 0.892. The predicted octanol–water partition coefficient (Wildman–Crippen LogP) is 2.98. The number of benzene rings is 1. The Morgan fingerprint density at radius 1 is 1.18 bits per heavy atom. The van der Waals surface area contributed by atoms with Crippen molar-refractivity contribution in [3.63, 3.8) is 0 Å². The summed E-state index contributed by atoms with van der Waals surface area (Å²) in [6.45, 7) is 4.35. The normalized spacial score (nSPS) is 11.0. The Bertz CT molecular complexity index is 607. The molecule has 0 saturated heterocycles. The van der Waals surface area contributed by atoms with Crippen LogP contribution in [-0.4, -0.2) is 18.0 Å². The summed E-state index contributed by atoms with van der Waals surface area (Å²) in [5.74, 6) is 0.843. The molecule has 0 aliphatic carbocycles. The fraction of sp³-hybridized carbons (Fsp3) is 0.333. The largest absolute Gasteiger partial charge is 0.497 e. The molecule has 1 N–H and O–H groups in total. The Balaban J connectivity index is 1.94. The van der Waals surface area contributed by atoms with Gasteiger partial charge in [-0.2, -0.15) is 0 Å². The molecule has 0 atom stereocenters. The lowest BCUT2D eigenvalue weighted by molar-refractivity contribution is -0.129. The lowest BCUT2D eigenvalue weighted by Gasteiger charge is -2.23. The second-order valence-corrected chi connectivity index (χ2v) is 5.91. The third-order valence-electron chi connectivity index (χ3n) is 3.58. The van der Waals surface area contributed by atoms with Gasteiger partial charge in [0.1, 0.15) is 5.75 Å². The maximum atomic E-state index is 12.4. The molecule has 22 heavy (non-hydrogen) atoms. The van der Waals surface area contributed by atoms with E-state index in [1.54, 1.807) is 13.3 Å². The van der Waals surface area contributed by atoms with Gasteiger partial charge in [0.25, 0.3) is 0 Å². The molecule has 4 nitrogen and oxygen atoms in total. The molecule has 0 unspecified atom stereocenters. The van der Waals surface area contributed by atoms with Crippen LogP contribution in [0.15, 0.2) is 48.7 Å². The van der Waals surface area contributed by atoms with Crippen LogP contribution in [0.3, 0.4) is 0 Å². The number of ether oxygens (including phenoxy) is 1. The van der Waals surface area contributed by atoms with E-state index in [4.69, 9.17) is 4.74 Å². The van der Waals surface area contributed by atoms with Gasteiger partial charge >= 0.3 is 0 Å². The minimum absolute atomic E-state index is 0.0222. The number of nitrogens with zero attached hydrogens (tertiary/aromatic N) is 1. The molecule has 0 aliphatic heterocycles. The number of nitrogens with one attached hydrogen (secondary N) is 1. The average Bonchev–Trinajstić information content (AvgIpc) is 2.54. The molecule has 2 rings (SSSR count). The Morgan fingerprint density at radius 3 is 2.50 bits per heavy atom. The minimum Gasteiger partial charge on any atom is -0.497 e. The summed E-state index contributed by atoms with van der Waals surface area (Å²) in [4.78, 5) is 16.6. The fourth-order valence-corrected chi connectivity index (χ4v) is 2.25. The van der Waals surface area contributed by atoms with Gasteiger partial charge in [0.05, 0.1) is 19.3 Å². The molecular weight excluding hydrogens is 276 g/mol. The molecule has 0 aliphatic rings. The van der Waals surface area contributed by atoms with Crippen molar-refractivity contribution in [1.29, 1.82) is 0 Å². The second-order valence-electron chi connectivity index (χ2n) is 5.91. The Kier molecular flexibility index (Phi) is 5.15. The third kappa shape index (κ3) is 4.32. The predicted molar refractivity (Wildman–Crippen MR) is 86.6 cm³/mol. The first kappa shape index (κ1) is 16.0. The Morgan fingerprint density at radius 2 is 1.91 bits per heavy atom. The van der Waals surface area contributed by atoms with E-state index in [2.05, 4.69) is 10.3 Å². The average molecular weight is 298 g/mol. The maximum Gasteiger partial charge on any atom is 0.226 e. The van der Waals surface area contributed by atoms with Crippen LogP contribution in [0.2, 0.25) is 0 Å². The molecule has 1 heterocycles. The van der Waals surface area contributed by atoms with Gasteiger partial charge in [0, 0.05) is 11.6 Å². The number of rotatable bonds is 6. The minimum atomic E-state index is -0.483. The summed E-state index contributed by atoms with van der Waals surface area (Å²) >= 11 is 0. The van der Waals surface area contributed by atoms with E-state index < -0.39 is 5.41 Å². The smallest absolute Gasteiger partial charge is 0.226 e. The van der Waals surface area contributed by atoms with Crippen LogP contribution < -0.4 is 10.1 Å². The van der Waals surface area contributed by atoms with Crippen molar-refractivity contribution < 1.29 is 9.53 Å². The van der Waals surface area contributed by atoms with Gasteiger partial charge in [-0.3, -0.25) is 9.78 Å². The first-order valence-corrected chi connectivity index (χ1v) is 7.32. The fourth-order valence-electron chi connectivity index (χ4n) is 2.25. The number of amides is 1. The summed E-state index contributed by atoms with van der Waals surface area (Å²) in [5.41, 5.74) is 1.48. The van der Waals surface area contributed by atoms with Crippen molar-refractivity contribution in [3.05, 3.63) is 59.9 Å². The van der Waals surface area contributed by atoms with Gasteiger partial charge in [0.2, 0.25) is 5.91 Å². The zero-order valence-corrected chi connectivity index (χ0v) is 13.3. The van der Waals surface area contributed by atoms with E-state index in [9.17, 15) is 4.79 Å². The topological polar surface area (TPSA) is 51.2 Å². The van der Waals surface area contributed by atoms with Gasteiger partial charge in [-0.1, -0.05) is 32.0 Å². The van der Waals surface area contributed by atoms with E-state index in [1.807, 2.05) is 56.3 Å². The molecule has 1 aromatic heterocycles. The molecule has 116 valence electrons. The van der Waals surface area contributed by atoms with Gasteiger partial charge in [-0.05, 0) is 36.2 Å². The van der Waals surface area contributed by atoms with Crippen LogP contribution >= 0.6 is 0 Å². The van der Waals surface area contributed by atoms with Crippen LogP contribution in [-0.2, 0) is 17.8 Å². The van der Waals surface area contributed by atoms with Crippen molar-refractivity contribution in [1.82, 2.24) is 10.3 Å². The molecule has 0 saturated carbocycles. The maximum absolute atomic E-state index is 12.4. The van der Waals surface area contributed by atoms with E-state index in [0.29, 0.717) is 13.0 Å². The molecule has 0 bridgehead atoms. The number of hydrogen-bond donors (Lipinski definition) is 1. The number of methoxy groups -OCH3 is 1. The van der Waals surface area contributed by atoms with Crippen molar-refractivity contribution >= 4 is 5.91 Å². The van der Waals surface area contributed by atoms with Crippen LogP contribution in [0.25, 0.3) is 0 Å². The third-order valence-corrected chi connectivity index (χ3v) is 3.58. The van der Waals surface area contributed by atoms with E-state index in [-0.39, 0.29) is 5.91 Å². The van der Waals surface area contributed by atoms with E-state index in [0.717, 1.165) is 17.0 Å². The number of carbonyl (C=O) groups excluding carboxylic acids is 1. The number of pyridine rings is 1. The van der Waals surface area contributed by atoms with Gasteiger partial charge < -0.3 is 10.1 Å². The monoisotopic (exact) mass is 298 g/mol. The standard InChI is InChI=1S/C18H22N2O2/c1-18(2,12-14-7-9-16(22-3)10-8-14)17(21)20-13-15-6-4-5-11-19-15/h4-11H,12-13H2,1-3H3,(H,20,21). The van der Waals surface area contributed by atoms with Crippen molar-refractivity contribution in [2.75, 3.05) is 7.11 Å². The first-order chi connectivity index (χ1) is 10.5. The highest BCUT2D eigenvalue weighted by atomic mass is 16.5. The SMILES string of the molecule is COc1ccc(CC(C)(C)C(=O)NCc2ccccn2)cc1. The number of hydrogen-bond acceptors (Lipinski definition) is 3. The number of aromatic nitrogens is 1. The van der Waals surface area contributed by atoms with Crippen LogP contribution in [0.5, 0.6) is 5.75 Å². The highest BCUT2D eigenvalue weighted by Crippen LogP contribution is 2.23. The van der Waals surface area contributed by atoms with Gasteiger partial charge in [-0.15, -0.1) is 0 Å². The van der Waals surface area contributed by atoms with Crippen LogP contribution in [0.1, 0.15) is 25.1 Å². The summed E-state index contributed by atoms with van der Waals surface area (Å²) in [5, 5.41) is 2.96. The molecule has 1 amide bonds. The Labute approximate surface area is 131 Å². The summed E-state index contributed by atoms with van der Waals surface area (Å²) in [7, 11) is 1.64. The van der Waals surface area contributed by atoms with Crippen LogP contribution in [0, 0.1) is 5.41 Å². The summed E-state index contributed by atoms with van der Waals surface area (Å²) in [6.07, 6.45) is 2.40. The Hall–Kier alpha value is -2.36. The highest BCUT2D eigenvalue weighted by molar-refractivity contribution is 5.82. The van der Waals surface area contributed by atoms with Gasteiger partial charge in [-0.25, -0.2) is 0 Å². The molecule has 0 spiro atoms.